The summed E-state index contributed by atoms with van der Waals surface area (Å²) in [4.78, 5) is 12.7. The Morgan fingerprint density at radius 3 is 2.62 bits per heavy atom. The van der Waals surface area contributed by atoms with E-state index in [4.69, 9.17) is 0 Å². The van der Waals surface area contributed by atoms with Crippen molar-refractivity contribution in [2.45, 2.75) is 26.5 Å². The molecule has 0 aliphatic heterocycles. The number of rotatable bonds is 4. The Labute approximate surface area is 79.2 Å². The molecule has 1 amide bonds. The Balaban J connectivity index is 4.29. The number of hydrogen-bond donors (Lipinski definition) is 2. The molecule has 0 fully saturated rings. The van der Waals surface area contributed by atoms with Crippen molar-refractivity contribution in [3.05, 3.63) is 11.8 Å². The molecule has 4 heteroatoms. The molecule has 1 atom stereocenters. The summed E-state index contributed by atoms with van der Waals surface area (Å²) < 4.78 is 0. The van der Waals surface area contributed by atoms with Crippen LogP contribution in [-0.2, 0) is 4.79 Å². The first-order valence-corrected chi connectivity index (χ1v) is 4.33. The van der Waals surface area contributed by atoms with E-state index in [0.29, 0.717) is 12.0 Å². The van der Waals surface area contributed by atoms with E-state index in [1.165, 1.54) is 0 Å². The zero-order chi connectivity index (χ0) is 10.4. The van der Waals surface area contributed by atoms with Gasteiger partial charge in [0.1, 0.15) is 6.23 Å². The van der Waals surface area contributed by atoms with Crippen LogP contribution in [0.25, 0.3) is 0 Å². The number of carbonyl (C=O) groups excluding carboxylic acids is 1. The minimum Gasteiger partial charge on any atom is -0.374 e. The third kappa shape index (κ3) is 3.94. The van der Waals surface area contributed by atoms with E-state index in [1.807, 2.05) is 6.92 Å². The van der Waals surface area contributed by atoms with Crippen LogP contribution in [0, 0.1) is 0 Å². The van der Waals surface area contributed by atoms with E-state index in [2.05, 4.69) is 5.32 Å². The molecule has 0 aromatic rings. The van der Waals surface area contributed by atoms with Crippen LogP contribution >= 0.6 is 0 Å². The van der Waals surface area contributed by atoms with Crippen LogP contribution in [0.4, 0.5) is 0 Å². The zero-order valence-corrected chi connectivity index (χ0v) is 8.66. The van der Waals surface area contributed by atoms with Crippen molar-refractivity contribution in [1.29, 1.82) is 0 Å². The molecule has 4 nitrogen and oxygen atoms in total. The van der Waals surface area contributed by atoms with Gasteiger partial charge in [0.25, 0.3) is 0 Å². The lowest BCUT2D eigenvalue weighted by atomic mass is 10.3. The van der Waals surface area contributed by atoms with E-state index in [1.54, 1.807) is 32.1 Å². The normalized spacial score (nSPS) is 13.8. The first kappa shape index (κ1) is 12.0. The number of aliphatic hydroxyl groups is 1. The summed E-state index contributed by atoms with van der Waals surface area (Å²) in [6.45, 7) is 3.59. The van der Waals surface area contributed by atoms with Gasteiger partial charge < -0.3 is 15.3 Å². The summed E-state index contributed by atoms with van der Waals surface area (Å²) in [5, 5.41) is 11.9. The lowest BCUT2D eigenvalue weighted by molar-refractivity contribution is -0.117. The van der Waals surface area contributed by atoms with Gasteiger partial charge in [-0.3, -0.25) is 4.79 Å². The van der Waals surface area contributed by atoms with Crippen molar-refractivity contribution in [3.8, 4) is 0 Å². The van der Waals surface area contributed by atoms with Crippen LogP contribution in [0.1, 0.15) is 20.3 Å². The van der Waals surface area contributed by atoms with Gasteiger partial charge in [-0.1, -0.05) is 6.92 Å². The van der Waals surface area contributed by atoms with Crippen molar-refractivity contribution in [1.82, 2.24) is 10.2 Å². The Morgan fingerprint density at radius 1 is 1.69 bits per heavy atom. The molecule has 0 heterocycles. The lowest BCUT2D eigenvalue weighted by Crippen LogP contribution is -2.28. The van der Waals surface area contributed by atoms with Gasteiger partial charge >= 0.3 is 0 Å². The SMILES string of the molecule is CCC(O)N(C)C=C(C)C(=O)NC. The summed E-state index contributed by atoms with van der Waals surface area (Å²) in [6.07, 6.45) is 1.74. The number of aliphatic hydroxyl groups excluding tert-OH is 1. The maximum atomic E-state index is 11.1. The average molecular weight is 186 g/mol. The number of hydrogen-bond acceptors (Lipinski definition) is 3. The molecule has 0 saturated carbocycles. The van der Waals surface area contributed by atoms with Gasteiger partial charge in [-0.25, -0.2) is 0 Å². The fourth-order valence-electron chi connectivity index (χ4n) is 0.935. The lowest BCUT2D eigenvalue weighted by Gasteiger charge is -2.20. The van der Waals surface area contributed by atoms with Crippen LogP contribution in [0.15, 0.2) is 11.8 Å². The fraction of sp³-hybridized carbons (Fsp3) is 0.667. The number of nitrogens with zero attached hydrogens (tertiary/aromatic N) is 1. The molecule has 0 aromatic carbocycles. The van der Waals surface area contributed by atoms with Crippen molar-refractivity contribution in [3.63, 3.8) is 0 Å². The molecule has 0 radical (unpaired) electrons. The van der Waals surface area contributed by atoms with E-state index in [-0.39, 0.29) is 5.91 Å². The second-order valence-electron chi connectivity index (χ2n) is 2.95. The molecule has 0 saturated heterocycles. The number of amides is 1. The van der Waals surface area contributed by atoms with E-state index >= 15 is 0 Å². The quantitative estimate of drug-likeness (QED) is 0.490. The second kappa shape index (κ2) is 5.59. The van der Waals surface area contributed by atoms with Crippen LogP contribution in [-0.4, -0.2) is 36.2 Å². The zero-order valence-electron chi connectivity index (χ0n) is 8.66. The standard InChI is InChI=1S/C9H18N2O2/c1-5-8(12)11(4)6-7(2)9(13)10-3/h6,8,12H,5H2,1-4H3,(H,10,13). The van der Waals surface area contributed by atoms with Crippen LogP contribution < -0.4 is 5.32 Å². The molecule has 0 rings (SSSR count). The summed E-state index contributed by atoms with van der Waals surface area (Å²) in [5.41, 5.74) is 0.581. The largest absolute Gasteiger partial charge is 0.374 e. The predicted octanol–water partition coefficient (Wildman–Crippen LogP) is 0.296. The fourth-order valence-corrected chi connectivity index (χ4v) is 0.935. The average Bonchev–Trinajstić information content (AvgIpc) is 2.14. The highest BCUT2D eigenvalue weighted by Gasteiger charge is 2.06. The molecule has 0 aromatic heterocycles. The third-order valence-corrected chi connectivity index (χ3v) is 1.82. The molecule has 0 spiro atoms. The molecule has 0 aliphatic rings. The summed E-state index contributed by atoms with van der Waals surface area (Å²) >= 11 is 0. The number of likely N-dealkylation sites (N-methyl/N-ethyl adjacent to an activating group) is 1. The van der Waals surface area contributed by atoms with Crippen LogP contribution in [0.5, 0.6) is 0 Å². The third-order valence-electron chi connectivity index (χ3n) is 1.82. The number of carbonyl (C=O) groups is 1. The first-order chi connectivity index (χ1) is 6.02. The van der Waals surface area contributed by atoms with Crippen LogP contribution in [0.2, 0.25) is 0 Å². The second-order valence-corrected chi connectivity index (χ2v) is 2.95. The molecular weight excluding hydrogens is 168 g/mol. The molecule has 1 unspecified atom stereocenters. The monoisotopic (exact) mass is 186 g/mol. The van der Waals surface area contributed by atoms with Crippen molar-refractivity contribution in [2.24, 2.45) is 0 Å². The Morgan fingerprint density at radius 2 is 2.23 bits per heavy atom. The Bertz CT molecular complexity index is 202. The van der Waals surface area contributed by atoms with Gasteiger partial charge in [-0.2, -0.15) is 0 Å². The molecule has 76 valence electrons. The first-order valence-electron chi connectivity index (χ1n) is 4.33. The summed E-state index contributed by atoms with van der Waals surface area (Å²) in [6, 6.07) is 0. The minimum atomic E-state index is -0.528. The Kier molecular flexibility index (Phi) is 5.14. The maximum Gasteiger partial charge on any atom is 0.248 e. The summed E-state index contributed by atoms with van der Waals surface area (Å²) in [7, 11) is 3.32. The molecule has 2 N–H and O–H groups in total. The molecule has 0 aliphatic carbocycles. The van der Waals surface area contributed by atoms with Gasteiger partial charge in [0.05, 0.1) is 0 Å². The van der Waals surface area contributed by atoms with Crippen LogP contribution in [0.3, 0.4) is 0 Å². The summed E-state index contributed by atoms with van der Waals surface area (Å²) in [5.74, 6) is -0.129. The highest BCUT2D eigenvalue weighted by atomic mass is 16.3. The van der Waals surface area contributed by atoms with Crippen molar-refractivity contribution < 1.29 is 9.90 Å². The van der Waals surface area contributed by atoms with E-state index in [0.717, 1.165) is 0 Å². The minimum absolute atomic E-state index is 0.129. The smallest absolute Gasteiger partial charge is 0.248 e. The van der Waals surface area contributed by atoms with Gasteiger partial charge in [-0.05, 0) is 13.3 Å². The van der Waals surface area contributed by atoms with E-state index in [9.17, 15) is 9.90 Å². The molecular formula is C9H18N2O2. The highest BCUT2D eigenvalue weighted by molar-refractivity contribution is 5.92. The highest BCUT2D eigenvalue weighted by Crippen LogP contribution is 2.01. The van der Waals surface area contributed by atoms with E-state index < -0.39 is 6.23 Å². The Hall–Kier alpha value is -1.03. The van der Waals surface area contributed by atoms with Gasteiger partial charge in [0, 0.05) is 25.9 Å². The van der Waals surface area contributed by atoms with Gasteiger partial charge in [0.2, 0.25) is 5.91 Å². The number of nitrogens with one attached hydrogen (secondary N) is 1. The van der Waals surface area contributed by atoms with Gasteiger partial charge in [-0.15, -0.1) is 0 Å². The predicted molar refractivity (Wildman–Crippen MR) is 51.9 cm³/mol. The topological polar surface area (TPSA) is 52.6 Å². The van der Waals surface area contributed by atoms with Gasteiger partial charge in [0.15, 0.2) is 0 Å². The van der Waals surface area contributed by atoms with Crippen molar-refractivity contribution in [2.75, 3.05) is 14.1 Å². The van der Waals surface area contributed by atoms with Crippen molar-refractivity contribution >= 4 is 5.91 Å². The molecule has 0 bridgehead atoms. The molecule has 13 heavy (non-hydrogen) atoms. The maximum absolute atomic E-state index is 11.1.